The minimum Gasteiger partial charge on any atom is -0.467 e. The van der Waals surface area contributed by atoms with Gasteiger partial charge in [0.2, 0.25) is 11.8 Å². The molecule has 44 heavy (non-hydrogen) atoms. The lowest BCUT2D eigenvalue weighted by atomic mass is 10.0. The Bertz CT molecular complexity index is 1390. The standard InChI is InChI=1S/C31H41N7O6/c1-20(33-28(40)24(17-22-13-9-7-10-14-22)35-30(42)44-31(3,4)5)26-36-32-19-38(26)37-21(2)27(39)34-25(29(41)43-6)18-23-15-11-8-12-16-23/h7-16,19-21,24-25,37H,17-18H2,1-6H3,(H,33,40)(H,34,39)(H,35,42)/t20-,21-,24+,25-/m0/s1. The van der Waals surface area contributed by atoms with E-state index in [1.165, 1.54) is 18.1 Å². The quantitative estimate of drug-likeness (QED) is 0.214. The zero-order chi connectivity index (χ0) is 32.3. The van der Waals surface area contributed by atoms with Crippen molar-refractivity contribution in [3.05, 3.63) is 83.9 Å². The van der Waals surface area contributed by atoms with Gasteiger partial charge in [0.25, 0.3) is 0 Å². The molecule has 3 rings (SSSR count). The van der Waals surface area contributed by atoms with Crippen LogP contribution in [0.2, 0.25) is 0 Å². The molecule has 3 amide bonds. The topological polar surface area (TPSA) is 166 Å². The van der Waals surface area contributed by atoms with Crippen molar-refractivity contribution in [3.8, 4) is 0 Å². The van der Waals surface area contributed by atoms with E-state index < -0.39 is 53.6 Å². The number of benzene rings is 2. The van der Waals surface area contributed by atoms with E-state index in [1.54, 1.807) is 34.6 Å². The first-order valence-electron chi connectivity index (χ1n) is 14.3. The number of methoxy groups -OCH3 is 1. The Labute approximate surface area is 257 Å². The average Bonchev–Trinajstić information content (AvgIpc) is 3.44. The molecule has 13 nitrogen and oxygen atoms in total. The fourth-order valence-corrected chi connectivity index (χ4v) is 4.28. The fourth-order valence-electron chi connectivity index (χ4n) is 4.28. The van der Waals surface area contributed by atoms with Gasteiger partial charge in [0.1, 0.15) is 30.1 Å². The normalized spacial score (nSPS) is 13.9. The summed E-state index contributed by atoms with van der Waals surface area (Å²) >= 11 is 0. The molecule has 2 aromatic carbocycles. The second-order valence-electron chi connectivity index (χ2n) is 11.3. The predicted octanol–water partition coefficient (Wildman–Crippen LogP) is 2.42. The summed E-state index contributed by atoms with van der Waals surface area (Å²) in [6.07, 6.45) is 1.13. The summed E-state index contributed by atoms with van der Waals surface area (Å²) in [5, 5.41) is 16.3. The van der Waals surface area contributed by atoms with Crippen LogP contribution >= 0.6 is 0 Å². The van der Waals surface area contributed by atoms with Crippen molar-refractivity contribution >= 4 is 23.9 Å². The van der Waals surface area contributed by atoms with Gasteiger partial charge < -0.3 is 30.8 Å². The Hall–Kier alpha value is -4.94. The molecule has 0 aliphatic carbocycles. The first kappa shape index (κ1) is 33.6. The van der Waals surface area contributed by atoms with Gasteiger partial charge in [0.15, 0.2) is 5.82 Å². The van der Waals surface area contributed by atoms with Crippen molar-refractivity contribution in [3.63, 3.8) is 0 Å². The zero-order valence-electron chi connectivity index (χ0n) is 25.9. The number of amides is 3. The SMILES string of the molecule is COC(=O)[C@H](Cc1ccccc1)NC(=O)[C@H](C)Nn1cnnc1[C@H](C)NC(=O)[C@@H](Cc1ccccc1)NC(=O)OC(C)(C)C. The van der Waals surface area contributed by atoms with Crippen LogP contribution in [-0.2, 0) is 36.7 Å². The molecule has 0 saturated heterocycles. The van der Waals surface area contributed by atoms with Crippen molar-refractivity contribution < 1.29 is 28.7 Å². The summed E-state index contributed by atoms with van der Waals surface area (Å²) in [6, 6.07) is 15.2. The molecular formula is C31H41N7O6. The highest BCUT2D eigenvalue weighted by Crippen LogP contribution is 2.12. The van der Waals surface area contributed by atoms with Crippen molar-refractivity contribution in [2.45, 2.75) is 77.2 Å². The monoisotopic (exact) mass is 607 g/mol. The van der Waals surface area contributed by atoms with Gasteiger partial charge in [-0.25, -0.2) is 14.3 Å². The molecule has 1 heterocycles. The fraction of sp³-hybridized carbons (Fsp3) is 0.419. The Balaban J connectivity index is 1.67. The number of esters is 1. The molecule has 0 radical (unpaired) electrons. The van der Waals surface area contributed by atoms with E-state index in [2.05, 4.69) is 31.6 Å². The van der Waals surface area contributed by atoms with E-state index in [0.29, 0.717) is 5.82 Å². The lowest BCUT2D eigenvalue weighted by Gasteiger charge is -2.25. The maximum absolute atomic E-state index is 13.4. The maximum Gasteiger partial charge on any atom is 0.408 e. The number of hydrogen-bond donors (Lipinski definition) is 4. The highest BCUT2D eigenvalue weighted by atomic mass is 16.6. The van der Waals surface area contributed by atoms with Crippen LogP contribution in [0.4, 0.5) is 4.79 Å². The largest absolute Gasteiger partial charge is 0.467 e. The Kier molecular flexibility index (Phi) is 11.8. The number of carbonyl (C=O) groups is 4. The van der Waals surface area contributed by atoms with Crippen LogP contribution in [-0.4, -0.2) is 69.6 Å². The first-order chi connectivity index (χ1) is 20.9. The van der Waals surface area contributed by atoms with Gasteiger partial charge in [-0.1, -0.05) is 60.7 Å². The number of carbonyl (C=O) groups excluding carboxylic acids is 4. The van der Waals surface area contributed by atoms with E-state index in [1.807, 2.05) is 60.7 Å². The van der Waals surface area contributed by atoms with Crippen molar-refractivity contribution in [1.82, 2.24) is 30.8 Å². The van der Waals surface area contributed by atoms with Gasteiger partial charge in [0, 0.05) is 12.8 Å². The minimum absolute atomic E-state index is 0.227. The smallest absolute Gasteiger partial charge is 0.408 e. The molecule has 0 unspecified atom stereocenters. The molecular weight excluding hydrogens is 566 g/mol. The second-order valence-corrected chi connectivity index (χ2v) is 11.3. The third-order valence-corrected chi connectivity index (χ3v) is 6.42. The van der Waals surface area contributed by atoms with Crippen LogP contribution < -0.4 is 21.4 Å². The van der Waals surface area contributed by atoms with Crippen LogP contribution in [0.25, 0.3) is 0 Å². The number of rotatable bonds is 13. The highest BCUT2D eigenvalue weighted by Gasteiger charge is 2.28. The second kappa shape index (κ2) is 15.5. The summed E-state index contributed by atoms with van der Waals surface area (Å²) in [5.74, 6) is -1.19. The summed E-state index contributed by atoms with van der Waals surface area (Å²) < 4.78 is 11.7. The highest BCUT2D eigenvalue weighted by molar-refractivity contribution is 5.88. The number of ether oxygens (including phenoxy) is 2. The van der Waals surface area contributed by atoms with Gasteiger partial charge in [-0.05, 0) is 45.7 Å². The number of hydrogen-bond acceptors (Lipinski definition) is 9. The van der Waals surface area contributed by atoms with Crippen molar-refractivity contribution in [2.24, 2.45) is 0 Å². The molecule has 4 N–H and O–H groups in total. The average molecular weight is 608 g/mol. The van der Waals surface area contributed by atoms with E-state index in [0.717, 1.165) is 11.1 Å². The molecule has 0 aliphatic heterocycles. The molecule has 3 aromatic rings. The van der Waals surface area contributed by atoms with Crippen LogP contribution in [0.1, 0.15) is 57.6 Å². The molecule has 0 aliphatic rings. The Morgan fingerprint density at radius 1 is 0.818 bits per heavy atom. The van der Waals surface area contributed by atoms with E-state index in [4.69, 9.17) is 9.47 Å². The summed E-state index contributed by atoms with van der Waals surface area (Å²) in [7, 11) is 1.26. The molecule has 0 bridgehead atoms. The minimum atomic E-state index is -0.941. The number of nitrogens with zero attached hydrogens (tertiary/aromatic N) is 3. The Morgan fingerprint density at radius 3 is 1.93 bits per heavy atom. The lowest BCUT2D eigenvalue weighted by molar-refractivity contribution is -0.145. The third kappa shape index (κ3) is 10.4. The summed E-state index contributed by atoms with van der Waals surface area (Å²) in [5.41, 5.74) is 3.95. The number of nitrogens with one attached hydrogen (secondary N) is 4. The van der Waals surface area contributed by atoms with Crippen LogP contribution in [0.3, 0.4) is 0 Å². The van der Waals surface area contributed by atoms with Gasteiger partial charge >= 0.3 is 12.1 Å². The van der Waals surface area contributed by atoms with E-state index >= 15 is 0 Å². The lowest BCUT2D eigenvalue weighted by Crippen LogP contribution is -2.50. The molecule has 0 fully saturated rings. The molecule has 1 aromatic heterocycles. The van der Waals surface area contributed by atoms with Crippen LogP contribution in [0.15, 0.2) is 67.0 Å². The number of aromatic nitrogens is 3. The van der Waals surface area contributed by atoms with Crippen LogP contribution in [0.5, 0.6) is 0 Å². The van der Waals surface area contributed by atoms with Gasteiger partial charge in [-0.3, -0.25) is 9.59 Å². The van der Waals surface area contributed by atoms with Crippen molar-refractivity contribution in [2.75, 3.05) is 12.5 Å². The number of alkyl carbamates (subject to hydrolysis) is 1. The first-order valence-corrected chi connectivity index (χ1v) is 14.3. The molecule has 0 spiro atoms. The predicted molar refractivity (Wildman–Crippen MR) is 163 cm³/mol. The summed E-state index contributed by atoms with van der Waals surface area (Å²) in [4.78, 5) is 51.4. The molecule has 0 saturated carbocycles. The van der Waals surface area contributed by atoms with Gasteiger partial charge in [-0.15, -0.1) is 10.2 Å². The zero-order valence-corrected chi connectivity index (χ0v) is 25.9. The Morgan fingerprint density at radius 2 is 1.39 bits per heavy atom. The third-order valence-electron chi connectivity index (χ3n) is 6.42. The van der Waals surface area contributed by atoms with Gasteiger partial charge in [-0.2, -0.15) is 0 Å². The summed E-state index contributed by atoms with van der Waals surface area (Å²) in [6.45, 7) is 8.52. The molecule has 4 atom stereocenters. The maximum atomic E-state index is 13.4. The van der Waals surface area contributed by atoms with E-state index in [9.17, 15) is 19.2 Å². The van der Waals surface area contributed by atoms with Crippen LogP contribution in [0, 0.1) is 0 Å². The molecule has 13 heteroatoms. The van der Waals surface area contributed by atoms with Crippen molar-refractivity contribution in [1.29, 1.82) is 0 Å². The van der Waals surface area contributed by atoms with E-state index in [-0.39, 0.29) is 12.8 Å². The van der Waals surface area contributed by atoms with Gasteiger partial charge in [0.05, 0.1) is 13.2 Å². The molecule has 236 valence electrons.